The summed E-state index contributed by atoms with van der Waals surface area (Å²) in [6, 6.07) is 6.98. The van der Waals surface area contributed by atoms with E-state index in [9.17, 15) is 0 Å². The molecule has 1 aliphatic rings. The van der Waals surface area contributed by atoms with Crippen molar-refractivity contribution in [3.63, 3.8) is 0 Å². The number of nitrogens with zero attached hydrogens (tertiary/aromatic N) is 2. The molecular weight excluding hydrogens is 210 g/mol. The van der Waals surface area contributed by atoms with E-state index in [-0.39, 0.29) is 0 Å². The van der Waals surface area contributed by atoms with Crippen LogP contribution in [0.5, 0.6) is 0 Å². The number of anilines is 1. The highest BCUT2D eigenvalue weighted by Gasteiger charge is 2.22. The molecule has 2 rings (SSSR count). The quantitative estimate of drug-likeness (QED) is 0.865. The SMILES string of the molecule is CNCCC1CCCCN1c1cccc(C)n1. The van der Waals surface area contributed by atoms with Gasteiger partial charge in [-0.15, -0.1) is 0 Å². The molecule has 3 nitrogen and oxygen atoms in total. The molecule has 1 unspecified atom stereocenters. The first-order valence-corrected chi connectivity index (χ1v) is 6.66. The number of hydrogen-bond donors (Lipinski definition) is 1. The van der Waals surface area contributed by atoms with Gasteiger partial charge in [-0.1, -0.05) is 6.07 Å². The molecule has 1 saturated heterocycles. The molecule has 94 valence electrons. The number of aromatic nitrogens is 1. The first kappa shape index (κ1) is 12.4. The average Bonchev–Trinajstić information content (AvgIpc) is 2.37. The van der Waals surface area contributed by atoms with Gasteiger partial charge in [-0.05, 0) is 58.3 Å². The Kier molecular flexibility index (Phi) is 4.37. The van der Waals surface area contributed by atoms with Gasteiger partial charge in [0.25, 0.3) is 0 Å². The predicted octanol–water partition coefficient (Wildman–Crippen LogP) is 2.36. The molecule has 1 fully saturated rings. The summed E-state index contributed by atoms with van der Waals surface area (Å²) in [6.07, 6.45) is 5.17. The third-order valence-corrected chi connectivity index (χ3v) is 3.52. The van der Waals surface area contributed by atoms with Crippen molar-refractivity contribution >= 4 is 5.82 Å². The normalized spacial score (nSPS) is 20.6. The second-order valence-corrected chi connectivity index (χ2v) is 4.87. The van der Waals surface area contributed by atoms with Crippen LogP contribution in [0.15, 0.2) is 18.2 Å². The molecule has 1 atom stereocenters. The summed E-state index contributed by atoms with van der Waals surface area (Å²) in [4.78, 5) is 7.15. The lowest BCUT2D eigenvalue weighted by Gasteiger charge is -2.37. The average molecular weight is 233 g/mol. The van der Waals surface area contributed by atoms with Gasteiger partial charge in [-0.25, -0.2) is 4.98 Å². The Morgan fingerprint density at radius 3 is 3.06 bits per heavy atom. The van der Waals surface area contributed by atoms with Gasteiger partial charge in [-0.3, -0.25) is 0 Å². The molecule has 2 heterocycles. The summed E-state index contributed by atoms with van der Waals surface area (Å²) in [6.45, 7) is 4.31. The number of piperidine rings is 1. The van der Waals surface area contributed by atoms with Crippen molar-refractivity contribution in [2.45, 2.75) is 38.6 Å². The molecule has 0 spiro atoms. The van der Waals surface area contributed by atoms with Crippen molar-refractivity contribution in [1.29, 1.82) is 0 Å². The van der Waals surface area contributed by atoms with Gasteiger partial charge in [0, 0.05) is 18.3 Å². The van der Waals surface area contributed by atoms with E-state index in [4.69, 9.17) is 0 Å². The van der Waals surface area contributed by atoms with Gasteiger partial charge in [0.1, 0.15) is 5.82 Å². The Labute approximate surface area is 104 Å². The van der Waals surface area contributed by atoms with Gasteiger partial charge in [0.05, 0.1) is 0 Å². The van der Waals surface area contributed by atoms with Crippen LogP contribution in [0.2, 0.25) is 0 Å². The van der Waals surface area contributed by atoms with E-state index in [2.05, 4.69) is 40.3 Å². The van der Waals surface area contributed by atoms with Crippen LogP contribution in [-0.4, -0.2) is 31.2 Å². The van der Waals surface area contributed by atoms with E-state index in [1.54, 1.807) is 0 Å². The molecule has 0 amide bonds. The van der Waals surface area contributed by atoms with Crippen LogP contribution in [0.25, 0.3) is 0 Å². The molecule has 1 aromatic heterocycles. The molecule has 1 aromatic rings. The van der Waals surface area contributed by atoms with Gasteiger partial charge in [-0.2, -0.15) is 0 Å². The lowest BCUT2D eigenvalue weighted by molar-refractivity contribution is 0.430. The number of aryl methyl sites for hydroxylation is 1. The maximum absolute atomic E-state index is 4.66. The summed E-state index contributed by atoms with van der Waals surface area (Å²) in [5.41, 5.74) is 1.11. The maximum Gasteiger partial charge on any atom is 0.129 e. The minimum Gasteiger partial charge on any atom is -0.354 e. The van der Waals surface area contributed by atoms with Crippen LogP contribution >= 0.6 is 0 Å². The minimum atomic E-state index is 0.658. The topological polar surface area (TPSA) is 28.2 Å². The van der Waals surface area contributed by atoms with Crippen molar-refractivity contribution < 1.29 is 0 Å². The van der Waals surface area contributed by atoms with Gasteiger partial charge < -0.3 is 10.2 Å². The maximum atomic E-state index is 4.66. The lowest BCUT2D eigenvalue weighted by atomic mass is 9.99. The van der Waals surface area contributed by atoms with E-state index < -0.39 is 0 Å². The number of pyridine rings is 1. The molecule has 17 heavy (non-hydrogen) atoms. The van der Waals surface area contributed by atoms with Gasteiger partial charge >= 0.3 is 0 Å². The van der Waals surface area contributed by atoms with Crippen LogP contribution in [0.4, 0.5) is 5.82 Å². The largest absolute Gasteiger partial charge is 0.354 e. The van der Waals surface area contributed by atoms with E-state index in [1.165, 1.54) is 25.7 Å². The van der Waals surface area contributed by atoms with E-state index in [1.807, 2.05) is 7.05 Å². The van der Waals surface area contributed by atoms with Crippen LogP contribution in [0.1, 0.15) is 31.4 Å². The van der Waals surface area contributed by atoms with Gasteiger partial charge in [0.2, 0.25) is 0 Å². The molecule has 0 aromatic carbocycles. The standard InChI is InChI=1S/C14H23N3/c1-12-6-5-8-14(16-12)17-11-4-3-7-13(17)9-10-15-2/h5-6,8,13,15H,3-4,7,9-11H2,1-2H3. The van der Waals surface area contributed by atoms with E-state index in [0.717, 1.165) is 24.6 Å². The zero-order valence-electron chi connectivity index (χ0n) is 10.9. The predicted molar refractivity (Wildman–Crippen MR) is 72.5 cm³/mol. The van der Waals surface area contributed by atoms with Crippen molar-refractivity contribution in [2.75, 3.05) is 25.0 Å². The van der Waals surface area contributed by atoms with Crippen molar-refractivity contribution in [3.05, 3.63) is 23.9 Å². The third-order valence-electron chi connectivity index (χ3n) is 3.52. The zero-order chi connectivity index (χ0) is 12.1. The van der Waals surface area contributed by atoms with Crippen LogP contribution in [0.3, 0.4) is 0 Å². The van der Waals surface area contributed by atoms with Crippen molar-refractivity contribution in [3.8, 4) is 0 Å². The Balaban J connectivity index is 2.10. The number of nitrogens with one attached hydrogen (secondary N) is 1. The summed E-state index contributed by atoms with van der Waals surface area (Å²) in [5, 5.41) is 3.25. The van der Waals surface area contributed by atoms with Crippen molar-refractivity contribution in [1.82, 2.24) is 10.3 Å². The Morgan fingerprint density at radius 1 is 1.41 bits per heavy atom. The fourth-order valence-corrected chi connectivity index (χ4v) is 2.60. The molecule has 0 radical (unpaired) electrons. The smallest absolute Gasteiger partial charge is 0.129 e. The first-order chi connectivity index (χ1) is 8.31. The summed E-state index contributed by atoms with van der Waals surface area (Å²) < 4.78 is 0. The van der Waals surface area contributed by atoms with E-state index >= 15 is 0 Å². The summed E-state index contributed by atoms with van der Waals surface area (Å²) >= 11 is 0. The highest BCUT2D eigenvalue weighted by atomic mass is 15.2. The monoisotopic (exact) mass is 233 g/mol. The zero-order valence-corrected chi connectivity index (χ0v) is 10.9. The molecule has 0 bridgehead atoms. The van der Waals surface area contributed by atoms with E-state index in [0.29, 0.717) is 6.04 Å². The highest BCUT2D eigenvalue weighted by Crippen LogP contribution is 2.24. The second kappa shape index (κ2) is 6.01. The Morgan fingerprint density at radius 2 is 2.29 bits per heavy atom. The fourth-order valence-electron chi connectivity index (χ4n) is 2.60. The fraction of sp³-hybridized carbons (Fsp3) is 0.643. The summed E-state index contributed by atoms with van der Waals surface area (Å²) in [5.74, 6) is 1.16. The second-order valence-electron chi connectivity index (χ2n) is 4.87. The Bertz CT molecular complexity index is 351. The summed E-state index contributed by atoms with van der Waals surface area (Å²) in [7, 11) is 2.03. The highest BCUT2D eigenvalue weighted by molar-refractivity contribution is 5.41. The molecule has 0 aliphatic carbocycles. The lowest BCUT2D eigenvalue weighted by Crippen LogP contribution is -2.41. The molecular formula is C14H23N3. The van der Waals surface area contributed by atoms with Crippen LogP contribution < -0.4 is 10.2 Å². The van der Waals surface area contributed by atoms with Crippen molar-refractivity contribution in [2.24, 2.45) is 0 Å². The van der Waals surface area contributed by atoms with Crippen LogP contribution in [-0.2, 0) is 0 Å². The molecule has 0 saturated carbocycles. The van der Waals surface area contributed by atoms with Gasteiger partial charge in [0.15, 0.2) is 0 Å². The van der Waals surface area contributed by atoms with Crippen LogP contribution in [0, 0.1) is 6.92 Å². The molecule has 3 heteroatoms. The molecule has 1 aliphatic heterocycles. The number of hydrogen-bond acceptors (Lipinski definition) is 3. The third kappa shape index (κ3) is 3.19. The minimum absolute atomic E-state index is 0.658. The first-order valence-electron chi connectivity index (χ1n) is 6.66. The Hall–Kier alpha value is -1.09. The molecule has 1 N–H and O–H groups in total. The number of rotatable bonds is 4.